The number of hydrogen-bond acceptors (Lipinski definition) is 3. The molecule has 1 amide bonds. The average Bonchev–Trinajstić information content (AvgIpc) is 3.10. The number of para-hydroxylation sites is 1. The molecule has 1 aromatic heterocycles. The van der Waals surface area contributed by atoms with Crippen molar-refractivity contribution in [2.75, 3.05) is 19.7 Å². The monoisotopic (exact) mass is 299 g/mol. The van der Waals surface area contributed by atoms with E-state index in [1.54, 1.807) is 12.3 Å². The standard InChI is InChI=1S/C18H21NO3/c20-18(16-9-12-21-14-16)19-10-6-15(7-11-19)8-13-22-17-4-2-1-3-5-17/h1-5,9,12,14-15H,6-8,10-11,13H2. The van der Waals surface area contributed by atoms with Crippen LogP contribution in [0.25, 0.3) is 0 Å². The Morgan fingerprint density at radius 2 is 1.95 bits per heavy atom. The minimum Gasteiger partial charge on any atom is -0.494 e. The van der Waals surface area contributed by atoms with Gasteiger partial charge in [0.05, 0.1) is 18.4 Å². The summed E-state index contributed by atoms with van der Waals surface area (Å²) in [5.41, 5.74) is 0.644. The molecule has 3 rings (SSSR count). The lowest BCUT2D eigenvalue weighted by atomic mass is 9.93. The highest BCUT2D eigenvalue weighted by Gasteiger charge is 2.24. The Labute approximate surface area is 130 Å². The second-order valence-corrected chi connectivity index (χ2v) is 5.70. The molecule has 0 unspecified atom stereocenters. The van der Waals surface area contributed by atoms with Gasteiger partial charge in [0, 0.05) is 13.1 Å². The quantitative estimate of drug-likeness (QED) is 0.847. The SMILES string of the molecule is O=C(c1ccoc1)N1CCC(CCOc2ccccc2)CC1. The van der Waals surface area contributed by atoms with Gasteiger partial charge >= 0.3 is 0 Å². The topological polar surface area (TPSA) is 42.7 Å². The summed E-state index contributed by atoms with van der Waals surface area (Å²) in [6.07, 6.45) is 6.19. The Bertz CT molecular complexity index is 572. The molecule has 4 nitrogen and oxygen atoms in total. The molecule has 2 heterocycles. The molecule has 4 heteroatoms. The van der Waals surface area contributed by atoms with Gasteiger partial charge in [0.25, 0.3) is 5.91 Å². The summed E-state index contributed by atoms with van der Waals surface area (Å²) in [5, 5.41) is 0. The van der Waals surface area contributed by atoms with Crippen LogP contribution in [0.15, 0.2) is 53.3 Å². The largest absolute Gasteiger partial charge is 0.494 e. The van der Waals surface area contributed by atoms with Crippen molar-refractivity contribution in [3.63, 3.8) is 0 Å². The molecule has 0 aliphatic carbocycles. The van der Waals surface area contributed by atoms with E-state index in [-0.39, 0.29) is 5.91 Å². The molecular weight excluding hydrogens is 278 g/mol. The molecule has 1 aliphatic rings. The molecular formula is C18H21NO3. The number of nitrogens with zero attached hydrogens (tertiary/aromatic N) is 1. The Morgan fingerprint density at radius 3 is 2.64 bits per heavy atom. The van der Waals surface area contributed by atoms with Gasteiger partial charge < -0.3 is 14.1 Å². The van der Waals surface area contributed by atoms with Gasteiger partial charge in [-0.3, -0.25) is 4.79 Å². The molecule has 1 aliphatic heterocycles. The van der Waals surface area contributed by atoms with E-state index < -0.39 is 0 Å². The van der Waals surface area contributed by atoms with Crippen molar-refractivity contribution in [3.05, 3.63) is 54.5 Å². The minimum atomic E-state index is 0.0766. The third-order valence-electron chi connectivity index (χ3n) is 4.21. The Kier molecular flexibility index (Phi) is 4.78. The maximum atomic E-state index is 12.2. The smallest absolute Gasteiger partial charge is 0.257 e. The molecule has 0 N–H and O–H groups in total. The van der Waals surface area contributed by atoms with Gasteiger partial charge in [-0.25, -0.2) is 0 Å². The molecule has 0 saturated carbocycles. The van der Waals surface area contributed by atoms with Gasteiger partial charge in [-0.2, -0.15) is 0 Å². The number of hydrogen-bond donors (Lipinski definition) is 0. The second kappa shape index (κ2) is 7.16. The van der Waals surface area contributed by atoms with Crippen molar-refractivity contribution in [1.82, 2.24) is 4.90 Å². The number of carbonyl (C=O) groups excluding carboxylic acids is 1. The maximum absolute atomic E-state index is 12.2. The summed E-state index contributed by atoms with van der Waals surface area (Å²) >= 11 is 0. The first kappa shape index (κ1) is 14.7. The summed E-state index contributed by atoms with van der Waals surface area (Å²) in [4.78, 5) is 14.1. The van der Waals surface area contributed by atoms with Gasteiger partial charge in [-0.05, 0) is 43.4 Å². The Morgan fingerprint density at radius 1 is 1.18 bits per heavy atom. The Hall–Kier alpha value is -2.23. The lowest BCUT2D eigenvalue weighted by Gasteiger charge is -2.31. The number of rotatable bonds is 5. The second-order valence-electron chi connectivity index (χ2n) is 5.70. The van der Waals surface area contributed by atoms with E-state index in [0.717, 1.165) is 44.7 Å². The fourth-order valence-electron chi connectivity index (χ4n) is 2.85. The number of ether oxygens (including phenoxy) is 1. The van der Waals surface area contributed by atoms with E-state index in [1.807, 2.05) is 35.2 Å². The van der Waals surface area contributed by atoms with Crippen LogP contribution >= 0.6 is 0 Å². The van der Waals surface area contributed by atoms with Crippen LogP contribution in [0, 0.1) is 5.92 Å². The first-order valence-corrected chi connectivity index (χ1v) is 7.82. The third kappa shape index (κ3) is 3.70. The van der Waals surface area contributed by atoms with Crippen LogP contribution in [0.5, 0.6) is 5.75 Å². The normalized spacial score (nSPS) is 15.7. The van der Waals surface area contributed by atoms with E-state index >= 15 is 0 Å². The fraction of sp³-hybridized carbons (Fsp3) is 0.389. The van der Waals surface area contributed by atoms with Gasteiger partial charge in [0.2, 0.25) is 0 Å². The Balaban J connectivity index is 1.39. The molecule has 22 heavy (non-hydrogen) atoms. The van der Waals surface area contributed by atoms with Gasteiger partial charge in [0.15, 0.2) is 0 Å². The molecule has 0 atom stereocenters. The van der Waals surface area contributed by atoms with Crippen LogP contribution in [-0.2, 0) is 0 Å². The van der Waals surface area contributed by atoms with E-state index in [4.69, 9.17) is 9.15 Å². The van der Waals surface area contributed by atoms with Crippen LogP contribution < -0.4 is 4.74 Å². The predicted molar refractivity (Wildman–Crippen MR) is 83.9 cm³/mol. The van der Waals surface area contributed by atoms with Crippen molar-refractivity contribution in [3.8, 4) is 5.75 Å². The van der Waals surface area contributed by atoms with E-state index in [0.29, 0.717) is 11.5 Å². The first-order chi connectivity index (χ1) is 10.8. The van der Waals surface area contributed by atoms with Gasteiger partial charge in [-0.1, -0.05) is 18.2 Å². The highest BCUT2D eigenvalue weighted by molar-refractivity contribution is 5.93. The predicted octanol–water partition coefficient (Wildman–Crippen LogP) is 3.60. The van der Waals surface area contributed by atoms with Crippen LogP contribution in [0.2, 0.25) is 0 Å². The molecule has 0 spiro atoms. The van der Waals surface area contributed by atoms with Gasteiger partial charge in [-0.15, -0.1) is 0 Å². The lowest BCUT2D eigenvalue weighted by molar-refractivity contribution is 0.0679. The number of likely N-dealkylation sites (tertiary alicyclic amines) is 1. The molecule has 116 valence electrons. The fourth-order valence-corrected chi connectivity index (χ4v) is 2.85. The number of carbonyl (C=O) groups is 1. The zero-order valence-electron chi connectivity index (χ0n) is 12.6. The third-order valence-corrected chi connectivity index (χ3v) is 4.21. The van der Waals surface area contributed by atoms with Gasteiger partial charge in [0.1, 0.15) is 12.0 Å². The molecule has 1 fully saturated rings. The highest BCUT2D eigenvalue weighted by Crippen LogP contribution is 2.22. The van der Waals surface area contributed by atoms with E-state index in [9.17, 15) is 4.79 Å². The minimum absolute atomic E-state index is 0.0766. The summed E-state index contributed by atoms with van der Waals surface area (Å²) < 4.78 is 10.7. The van der Waals surface area contributed by atoms with Crippen LogP contribution in [0.3, 0.4) is 0 Å². The lowest BCUT2D eigenvalue weighted by Crippen LogP contribution is -2.38. The van der Waals surface area contributed by atoms with Crippen molar-refractivity contribution >= 4 is 5.91 Å². The zero-order chi connectivity index (χ0) is 15.2. The summed E-state index contributed by atoms with van der Waals surface area (Å²) in [6, 6.07) is 11.6. The number of amides is 1. The average molecular weight is 299 g/mol. The molecule has 1 aromatic carbocycles. The van der Waals surface area contributed by atoms with Crippen molar-refractivity contribution < 1.29 is 13.9 Å². The maximum Gasteiger partial charge on any atom is 0.257 e. The summed E-state index contributed by atoms with van der Waals surface area (Å²) in [6.45, 7) is 2.38. The van der Waals surface area contributed by atoms with E-state index in [1.165, 1.54) is 6.26 Å². The zero-order valence-corrected chi connectivity index (χ0v) is 12.6. The number of piperidine rings is 1. The van der Waals surface area contributed by atoms with Crippen LogP contribution in [0.1, 0.15) is 29.6 Å². The van der Waals surface area contributed by atoms with Crippen molar-refractivity contribution in [1.29, 1.82) is 0 Å². The number of benzene rings is 1. The summed E-state index contributed by atoms with van der Waals surface area (Å²) in [7, 11) is 0. The van der Waals surface area contributed by atoms with Crippen molar-refractivity contribution in [2.24, 2.45) is 5.92 Å². The molecule has 2 aromatic rings. The molecule has 0 radical (unpaired) electrons. The molecule has 0 bridgehead atoms. The molecule has 1 saturated heterocycles. The van der Waals surface area contributed by atoms with Crippen molar-refractivity contribution in [2.45, 2.75) is 19.3 Å². The summed E-state index contributed by atoms with van der Waals surface area (Å²) in [5.74, 6) is 1.64. The van der Waals surface area contributed by atoms with E-state index in [2.05, 4.69) is 0 Å². The van der Waals surface area contributed by atoms with Crippen LogP contribution in [0.4, 0.5) is 0 Å². The first-order valence-electron chi connectivity index (χ1n) is 7.82. The van der Waals surface area contributed by atoms with Crippen LogP contribution in [-0.4, -0.2) is 30.5 Å². The highest BCUT2D eigenvalue weighted by atomic mass is 16.5. The number of furan rings is 1.